The van der Waals surface area contributed by atoms with E-state index < -0.39 is 44.4 Å². The van der Waals surface area contributed by atoms with Crippen LogP contribution in [0.4, 0.5) is 0 Å². The normalized spacial score (nSPS) is 33.2. The Bertz CT molecular complexity index is 554. The lowest BCUT2D eigenvalue weighted by molar-refractivity contribution is -0.165. The molecule has 0 bridgehead atoms. The van der Waals surface area contributed by atoms with Crippen molar-refractivity contribution in [3.63, 3.8) is 0 Å². The maximum Gasteiger partial charge on any atom is 0.318 e. The Hall–Kier alpha value is -1.12. The smallest absolute Gasteiger partial charge is 0.318 e. The molecule has 8 nitrogen and oxygen atoms in total. The van der Waals surface area contributed by atoms with Gasteiger partial charge in [0.05, 0.1) is 6.61 Å². The molecule has 2 rings (SSSR count). The number of cyclic esters (lactones) is 1. The molecule has 0 aromatic rings. The number of carbonyl (C=O) groups excluding carboxylic acids is 1. The summed E-state index contributed by atoms with van der Waals surface area (Å²) in [6.07, 6.45) is -1.77. The number of rotatable bonds is 4. The van der Waals surface area contributed by atoms with Gasteiger partial charge in [0.2, 0.25) is 0 Å². The average molecular weight is 357 g/mol. The van der Waals surface area contributed by atoms with E-state index in [0.29, 0.717) is 6.61 Å². The molecule has 2 aliphatic rings. The summed E-state index contributed by atoms with van der Waals surface area (Å²) >= 11 is 0. The summed E-state index contributed by atoms with van der Waals surface area (Å²) < 4.78 is 23.3. The molecule has 2 heterocycles. The molecule has 2 aliphatic heterocycles. The van der Waals surface area contributed by atoms with Crippen molar-refractivity contribution in [2.24, 2.45) is 5.11 Å². The van der Waals surface area contributed by atoms with Crippen LogP contribution in [0.2, 0.25) is 18.1 Å². The monoisotopic (exact) mass is 357 g/mol. The highest BCUT2D eigenvalue weighted by Crippen LogP contribution is 2.41. The first kappa shape index (κ1) is 19.2. The lowest BCUT2D eigenvalue weighted by atomic mass is 10.1. The molecule has 0 aliphatic carbocycles. The van der Waals surface area contributed by atoms with Crippen molar-refractivity contribution in [2.75, 3.05) is 6.61 Å². The van der Waals surface area contributed by atoms with Crippen LogP contribution >= 0.6 is 0 Å². The van der Waals surface area contributed by atoms with Crippen LogP contribution in [0.1, 0.15) is 34.6 Å². The second-order valence-electron chi connectivity index (χ2n) is 8.26. The third kappa shape index (κ3) is 3.75. The molecule has 136 valence electrons. The van der Waals surface area contributed by atoms with Gasteiger partial charge in [-0.2, -0.15) is 0 Å². The quantitative estimate of drug-likeness (QED) is 0.253. The van der Waals surface area contributed by atoms with E-state index in [1.54, 1.807) is 13.8 Å². The highest BCUT2D eigenvalue weighted by Gasteiger charge is 2.55. The zero-order valence-electron chi connectivity index (χ0n) is 15.4. The SMILES string of the molecule is CC1(C)OC[C@@H]([C@H]2OC(=O)[C@H](N=[N+]=[N-])[C@H]2O[Si](C)(C)C(C)(C)C)O1. The van der Waals surface area contributed by atoms with Gasteiger partial charge in [0, 0.05) is 4.91 Å². The predicted molar refractivity (Wildman–Crippen MR) is 89.8 cm³/mol. The Morgan fingerprint density at radius 3 is 2.46 bits per heavy atom. The fourth-order valence-electron chi connectivity index (χ4n) is 2.57. The molecule has 0 amide bonds. The lowest BCUT2D eigenvalue weighted by Crippen LogP contribution is -2.51. The number of hydrogen-bond donors (Lipinski definition) is 0. The van der Waals surface area contributed by atoms with Gasteiger partial charge in [0.1, 0.15) is 12.2 Å². The number of esters is 1. The molecule has 0 radical (unpaired) electrons. The summed E-state index contributed by atoms with van der Waals surface area (Å²) in [6.45, 7) is 14.4. The van der Waals surface area contributed by atoms with Gasteiger partial charge in [-0.1, -0.05) is 25.9 Å². The second kappa shape index (κ2) is 6.31. The standard InChI is InChI=1S/C15H27N3O5Si/c1-14(2,3)24(6,7)23-12-10(17-18-16)13(19)21-11(12)9-8-20-15(4,5)22-9/h9-12H,8H2,1-7H3/t9-,10+,11+,12+/m0/s1. The zero-order chi connectivity index (χ0) is 18.3. The molecular formula is C15H27N3O5Si. The van der Waals surface area contributed by atoms with Crippen LogP contribution in [0.25, 0.3) is 10.4 Å². The lowest BCUT2D eigenvalue weighted by Gasteiger charge is -2.40. The van der Waals surface area contributed by atoms with E-state index in [-0.39, 0.29) is 5.04 Å². The Kier molecular flexibility index (Phi) is 5.05. The molecular weight excluding hydrogens is 330 g/mol. The van der Waals surface area contributed by atoms with Gasteiger partial charge >= 0.3 is 5.97 Å². The van der Waals surface area contributed by atoms with E-state index in [1.807, 2.05) is 0 Å². The average Bonchev–Trinajstić information content (AvgIpc) is 2.91. The predicted octanol–water partition coefficient (Wildman–Crippen LogP) is 3.13. The topological polar surface area (TPSA) is 103 Å². The summed E-state index contributed by atoms with van der Waals surface area (Å²) in [5.41, 5.74) is 8.81. The number of ether oxygens (including phenoxy) is 3. The van der Waals surface area contributed by atoms with Crippen molar-refractivity contribution >= 4 is 14.3 Å². The largest absolute Gasteiger partial charge is 0.456 e. The Labute approximate surface area is 143 Å². The molecule has 9 heteroatoms. The summed E-state index contributed by atoms with van der Waals surface area (Å²) in [4.78, 5) is 15.0. The Morgan fingerprint density at radius 1 is 1.38 bits per heavy atom. The van der Waals surface area contributed by atoms with Crippen molar-refractivity contribution in [1.82, 2.24) is 0 Å². The molecule has 2 fully saturated rings. The summed E-state index contributed by atoms with van der Waals surface area (Å²) in [7, 11) is -2.21. The van der Waals surface area contributed by atoms with E-state index >= 15 is 0 Å². The summed E-state index contributed by atoms with van der Waals surface area (Å²) in [5.74, 6) is -1.32. The summed E-state index contributed by atoms with van der Waals surface area (Å²) in [6, 6.07) is -0.999. The zero-order valence-corrected chi connectivity index (χ0v) is 16.4. The Balaban J connectivity index is 2.29. The fraction of sp³-hybridized carbons (Fsp3) is 0.933. The van der Waals surface area contributed by atoms with Crippen LogP contribution in [-0.4, -0.2) is 51.0 Å². The second-order valence-corrected chi connectivity index (χ2v) is 13.0. The van der Waals surface area contributed by atoms with E-state index in [0.717, 1.165) is 0 Å². The minimum atomic E-state index is -2.21. The van der Waals surface area contributed by atoms with Gasteiger partial charge in [-0.05, 0) is 37.5 Å². The first-order valence-corrected chi connectivity index (χ1v) is 11.0. The Morgan fingerprint density at radius 2 is 2.00 bits per heavy atom. The molecule has 2 saturated heterocycles. The highest BCUT2D eigenvalue weighted by atomic mass is 28.4. The first-order chi connectivity index (χ1) is 10.9. The third-order valence-corrected chi connectivity index (χ3v) is 9.41. The van der Waals surface area contributed by atoms with Gasteiger partial charge in [0.25, 0.3) is 0 Å². The van der Waals surface area contributed by atoms with Crippen LogP contribution in [0.3, 0.4) is 0 Å². The van der Waals surface area contributed by atoms with Crippen LogP contribution in [0, 0.1) is 0 Å². The molecule has 0 aromatic carbocycles. The number of hydrogen-bond acceptors (Lipinski definition) is 6. The minimum Gasteiger partial charge on any atom is -0.456 e. The van der Waals surface area contributed by atoms with Gasteiger partial charge < -0.3 is 18.6 Å². The highest BCUT2D eigenvalue weighted by molar-refractivity contribution is 6.74. The van der Waals surface area contributed by atoms with Crippen LogP contribution < -0.4 is 0 Å². The fourth-order valence-corrected chi connectivity index (χ4v) is 3.86. The van der Waals surface area contributed by atoms with E-state index in [1.165, 1.54) is 0 Å². The number of carbonyl (C=O) groups is 1. The maximum atomic E-state index is 12.2. The third-order valence-electron chi connectivity index (χ3n) is 4.94. The van der Waals surface area contributed by atoms with Gasteiger partial charge in [-0.15, -0.1) is 0 Å². The van der Waals surface area contributed by atoms with E-state index in [2.05, 4.69) is 43.9 Å². The molecule has 0 aromatic heterocycles. The van der Waals surface area contributed by atoms with Gasteiger partial charge in [-0.25, -0.2) is 0 Å². The van der Waals surface area contributed by atoms with Crippen molar-refractivity contribution < 1.29 is 23.4 Å². The minimum absolute atomic E-state index is 0.0591. The van der Waals surface area contributed by atoms with E-state index in [9.17, 15) is 4.79 Å². The van der Waals surface area contributed by atoms with Crippen LogP contribution in [0.5, 0.6) is 0 Å². The van der Waals surface area contributed by atoms with Gasteiger partial charge in [-0.3, -0.25) is 4.79 Å². The van der Waals surface area contributed by atoms with Crippen molar-refractivity contribution in [2.45, 2.75) is 82.9 Å². The van der Waals surface area contributed by atoms with Crippen molar-refractivity contribution in [3.8, 4) is 0 Å². The van der Waals surface area contributed by atoms with Crippen LogP contribution in [0.15, 0.2) is 5.11 Å². The molecule has 4 atom stereocenters. The van der Waals surface area contributed by atoms with Crippen LogP contribution in [-0.2, 0) is 23.4 Å². The molecule has 24 heavy (non-hydrogen) atoms. The number of nitrogens with zero attached hydrogens (tertiary/aromatic N) is 3. The molecule has 0 spiro atoms. The summed E-state index contributed by atoms with van der Waals surface area (Å²) in [5, 5.41) is 3.56. The van der Waals surface area contributed by atoms with Crippen molar-refractivity contribution in [1.29, 1.82) is 0 Å². The van der Waals surface area contributed by atoms with E-state index in [4.69, 9.17) is 24.2 Å². The number of azide groups is 1. The molecule has 0 N–H and O–H groups in total. The van der Waals surface area contributed by atoms with Gasteiger partial charge in [0.15, 0.2) is 26.3 Å². The maximum absolute atomic E-state index is 12.2. The molecule has 0 unspecified atom stereocenters. The first-order valence-electron chi connectivity index (χ1n) is 8.12. The molecule has 0 saturated carbocycles. The van der Waals surface area contributed by atoms with Crippen molar-refractivity contribution in [3.05, 3.63) is 10.4 Å².